The molecule has 0 saturated carbocycles. The monoisotopic (exact) mass is 291 g/mol. The molecule has 2 rings (SSSR count). The van der Waals surface area contributed by atoms with E-state index in [1.165, 1.54) is 4.90 Å². The van der Waals surface area contributed by atoms with Gasteiger partial charge in [-0.1, -0.05) is 18.2 Å². The summed E-state index contributed by atoms with van der Waals surface area (Å²) in [6, 6.07) is 7.29. The number of likely N-dealkylation sites (tertiary alicyclic amines) is 1. The predicted octanol–water partition coefficient (Wildman–Crippen LogP) is -0.571. The molecule has 0 aromatic heterocycles. The molecule has 2 amide bonds. The molecule has 7 nitrogen and oxygen atoms in total. The van der Waals surface area contributed by atoms with Crippen LogP contribution in [0.1, 0.15) is 16.8 Å². The molecular weight excluding hydrogens is 274 g/mol. The molecule has 21 heavy (non-hydrogen) atoms. The number of hydrogen-bond acceptors (Lipinski definition) is 4. The van der Waals surface area contributed by atoms with Gasteiger partial charge in [0.2, 0.25) is 5.91 Å². The van der Waals surface area contributed by atoms with Crippen molar-refractivity contribution < 1.29 is 19.5 Å². The van der Waals surface area contributed by atoms with Crippen molar-refractivity contribution in [1.82, 2.24) is 10.2 Å². The SMILES string of the molecule is NCC(=O)N1C[C@H](NC(=O)c2ccccc2)C[C@@H]1C(=O)O. The van der Waals surface area contributed by atoms with E-state index in [2.05, 4.69) is 5.32 Å². The highest BCUT2D eigenvalue weighted by molar-refractivity contribution is 5.94. The number of nitrogens with one attached hydrogen (secondary N) is 1. The number of carboxylic acids is 1. The molecule has 1 aromatic carbocycles. The standard InChI is InChI=1S/C14H17N3O4/c15-7-12(18)17-8-10(6-11(17)14(20)21)16-13(19)9-4-2-1-3-5-9/h1-5,10-11H,6-8,15H2,(H,16,19)(H,20,21)/t10-,11-/m1/s1. The van der Waals surface area contributed by atoms with Crippen LogP contribution in [0.3, 0.4) is 0 Å². The highest BCUT2D eigenvalue weighted by Crippen LogP contribution is 2.18. The fraction of sp³-hybridized carbons (Fsp3) is 0.357. The lowest BCUT2D eigenvalue weighted by molar-refractivity contribution is -0.147. The largest absolute Gasteiger partial charge is 0.480 e. The number of nitrogens with two attached hydrogens (primary N) is 1. The molecule has 1 aliphatic heterocycles. The van der Waals surface area contributed by atoms with E-state index in [1.807, 2.05) is 0 Å². The Morgan fingerprint density at radius 3 is 2.52 bits per heavy atom. The van der Waals surface area contributed by atoms with Crippen molar-refractivity contribution in [1.29, 1.82) is 0 Å². The van der Waals surface area contributed by atoms with Gasteiger partial charge in [-0.3, -0.25) is 9.59 Å². The van der Waals surface area contributed by atoms with Crippen LogP contribution < -0.4 is 11.1 Å². The van der Waals surface area contributed by atoms with Crippen LogP contribution in [0.4, 0.5) is 0 Å². The van der Waals surface area contributed by atoms with Crippen molar-refractivity contribution in [3.63, 3.8) is 0 Å². The number of carbonyl (C=O) groups is 3. The second kappa shape index (κ2) is 6.36. The minimum absolute atomic E-state index is 0.158. The Morgan fingerprint density at radius 2 is 1.95 bits per heavy atom. The van der Waals surface area contributed by atoms with E-state index in [0.717, 1.165) is 0 Å². The molecule has 0 unspecified atom stereocenters. The summed E-state index contributed by atoms with van der Waals surface area (Å²) in [7, 11) is 0. The van der Waals surface area contributed by atoms with Crippen molar-refractivity contribution >= 4 is 17.8 Å². The van der Waals surface area contributed by atoms with Crippen molar-refractivity contribution in [3.05, 3.63) is 35.9 Å². The van der Waals surface area contributed by atoms with Crippen LogP contribution in [-0.4, -0.2) is 53.0 Å². The minimum atomic E-state index is -1.09. The topological polar surface area (TPSA) is 113 Å². The molecule has 0 radical (unpaired) electrons. The van der Waals surface area contributed by atoms with E-state index in [0.29, 0.717) is 5.56 Å². The second-order valence-electron chi connectivity index (χ2n) is 4.88. The predicted molar refractivity (Wildman–Crippen MR) is 74.5 cm³/mol. The lowest BCUT2D eigenvalue weighted by Gasteiger charge is -2.20. The van der Waals surface area contributed by atoms with Gasteiger partial charge in [0.1, 0.15) is 6.04 Å². The van der Waals surface area contributed by atoms with E-state index < -0.39 is 24.0 Å². The Kier molecular flexibility index (Phi) is 4.54. The normalized spacial score (nSPS) is 21.1. The van der Waals surface area contributed by atoms with E-state index in [4.69, 9.17) is 10.8 Å². The fourth-order valence-electron chi connectivity index (χ4n) is 2.43. The zero-order chi connectivity index (χ0) is 15.4. The third-order valence-corrected chi connectivity index (χ3v) is 3.45. The Morgan fingerprint density at radius 1 is 1.29 bits per heavy atom. The van der Waals surface area contributed by atoms with Gasteiger partial charge in [-0.05, 0) is 12.1 Å². The number of benzene rings is 1. The van der Waals surface area contributed by atoms with Crippen LogP contribution in [0.5, 0.6) is 0 Å². The van der Waals surface area contributed by atoms with Crippen LogP contribution in [0.2, 0.25) is 0 Å². The molecule has 1 aliphatic rings. The first-order valence-corrected chi connectivity index (χ1v) is 6.61. The molecule has 1 aromatic rings. The number of amides is 2. The molecule has 7 heteroatoms. The van der Waals surface area contributed by atoms with Gasteiger partial charge >= 0.3 is 5.97 Å². The quantitative estimate of drug-likeness (QED) is 0.687. The highest BCUT2D eigenvalue weighted by Gasteiger charge is 2.39. The molecule has 1 fully saturated rings. The molecule has 1 saturated heterocycles. The van der Waals surface area contributed by atoms with Crippen LogP contribution >= 0.6 is 0 Å². The summed E-state index contributed by atoms with van der Waals surface area (Å²) in [4.78, 5) is 36.1. The van der Waals surface area contributed by atoms with Gasteiger partial charge in [0.25, 0.3) is 5.91 Å². The molecular formula is C14H17N3O4. The van der Waals surface area contributed by atoms with Crippen molar-refractivity contribution in [2.45, 2.75) is 18.5 Å². The number of rotatable bonds is 4. The Bertz CT molecular complexity index is 546. The maximum absolute atomic E-state index is 12.0. The van der Waals surface area contributed by atoms with Crippen molar-refractivity contribution in [3.8, 4) is 0 Å². The maximum Gasteiger partial charge on any atom is 0.326 e. The highest BCUT2D eigenvalue weighted by atomic mass is 16.4. The smallest absolute Gasteiger partial charge is 0.326 e. The summed E-state index contributed by atoms with van der Waals surface area (Å²) >= 11 is 0. The number of carboxylic acid groups (broad SMARTS) is 1. The Labute approximate surface area is 121 Å². The first-order chi connectivity index (χ1) is 10.0. The maximum atomic E-state index is 12.0. The first kappa shape index (κ1) is 15.0. The minimum Gasteiger partial charge on any atom is -0.480 e. The molecule has 0 bridgehead atoms. The summed E-state index contributed by atoms with van der Waals surface area (Å²) in [5, 5.41) is 11.9. The first-order valence-electron chi connectivity index (χ1n) is 6.61. The van der Waals surface area contributed by atoms with Crippen molar-refractivity contribution in [2.24, 2.45) is 5.73 Å². The Balaban J connectivity index is 2.04. The third-order valence-electron chi connectivity index (χ3n) is 3.45. The zero-order valence-corrected chi connectivity index (χ0v) is 11.4. The van der Waals surface area contributed by atoms with Gasteiger partial charge in [-0.15, -0.1) is 0 Å². The van der Waals surface area contributed by atoms with E-state index >= 15 is 0 Å². The number of hydrogen-bond donors (Lipinski definition) is 3. The number of carbonyl (C=O) groups excluding carboxylic acids is 2. The van der Waals surface area contributed by atoms with Gasteiger partial charge in [0, 0.05) is 24.6 Å². The average Bonchev–Trinajstić information content (AvgIpc) is 2.91. The number of nitrogens with zero attached hydrogens (tertiary/aromatic N) is 1. The summed E-state index contributed by atoms with van der Waals surface area (Å²) in [5.41, 5.74) is 5.77. The summed E-state index contributed by atoms with van der Waals surface area (Å²) in [6.07, 6.45) is 0.180. The van der Waals surface area contributed by atoms with Crippen LogP contribution in [0.25, 0.3) is 0 Å². The van der Waals surface area contributed by atoms with Gasteiger partial charge in [0.05, 0.1) is 6.54 Å². The van der Waals surface area contributed by atoms with Gasteiger partial charge in [0.15, 0.2) is 0 Å². The average molecular weight is 291 g/mol. The lowest BCUT2D eigenvalue weighted by Crippen LogP contribution is -2.44. The van der Waals surface area contributed by atoms with Crippen LogP contribution in [-0.2, 0) is 9.59 Å². The second-order valence-corrected chi connectivity index (χ2v) is 4.88. The molecule has 1 heterocycles. The van der Waals surface area contributed by atoms with E-state index in [-0.39, 0.29) is 25.4 Å². The third kappa shape index (κ3) is 3.38. The van der Waals surface area contributed by atoms with Crippen molar-refractivity contribution in [2.75, 3.05) is 13.1 Å². The summed E-state index contributed by atoms with van der Waals surface area (Å²) in [6.45, 7) is -0.0886. The van der Waals surface area contributed by atoms with E-state index in [9.17, 15) is 14.4 Å². The molecule has 0 aliphatic carbocycles. The Hall–Kier alpha value is -2.41. The van der Waals surface area contributed by atoms with E-state index in [1.54, 1.807) is 30.3 Å². The molecule has 112 valence electrons. The number of aliphatic carboxylic acids is 1. The summed E-state index contributed by atoms with van der Waals surface area (Å²) in [5.74, 6) is -1.81. The molecule has 2 atom stereocenters. The lowest BCUT2D eigenvalue weighted by atomic mass is 10.1. The fourth-order valence-corrected chi connectivity index (χ4v) is 2.43. The van der Waals surface area contributed by atoms with Gasteiger partial charge < -0.3 is 21.1 Å². The molecule has 4 N–H and O–H groups in total. The van der Waals surface area contributed by atoms with Crippen LogP contribution in [0, 0.1) is 0 Å². The van der Waals surface area contributed by atoms with Crippen LogP contribution in [0.15, 0.2) is 30.3 Å². The van der Waals surface area contributed by atoms with Gasteiger partial charge in [-0.25, -0.2) is 4.79 Å². The summed E-state index contributed by atoms with van der Waals surface area (Å²) < 4.78 is 0. The molecule has 0 spiro atoms. The zero-order valence-electron chi connectivity index (χ0n) is 11.4. The van der Waals surface area contributed by atoms with Gasteiger partial charge in [-0.2, -0.15) is 0 Å².